The summed E-state index contributed by atoms with van der Waals surface area (Å²) in [5, 5.41) is 18.0. The second kappa shape index (κ2) is 19.5. The number of likely N-dealkylation sites (N-methyl/N-ethyl adjacent to an activating group) is 1. The summed E-state index contributed by atoms with van der Waals surface area (Å²) in [6.45, 7) is 17.9. The van der Waals surface area contributed by atoms with Gasteiger partial charge in [0.05, 0.1) is 42.1 Å². The van der Waals surface area contributed by atoms with Gasteiger partial charge in [0, 0.05) is 41.1 Å². The van der Waals surface area contributed by atoms with E-state index >= 15 is 4.39 Å². The lowest BCUT2D eigenvalue weighted by molar-refractivity contribution is -0.212. The first-order valence-electron chi connectivity index (χ1n) is 22.4. The summed E-state index contributed by atoms with van der Waals surface area (Å²) >= 11 is 0. The van der Waals surface area contributed by atoms with Crippen molar-refractivity contribution in [2.75, 3.05) is 26.0 Å². The number of amides is 2. The summed E-state index contributed by atoms with van der Waals surface area (Å²) in [5.41, 5.74) is -5.06. The van der Waals surface area contributed by atoms with Crippen molar-refractivity contribution in [2.45, 2.75) is 161 Å². The number of aromatic nitrogens is 1. The lowest BCUT2D eigenvalue weighted by Crippen LogP contribution is -2.61. The Morgan fingerprint density at radius 3 is 2.39 bits per heavy atom. The molecule has 1 aromatic heterocycles. The van der Waals surface area contributed by atoms with Gasteiger partial charge in [0.25, 0.3) is 5.67 Å². The topological polar surface area (TPSA) is 192 Å². The Balaban J connectivity index is 1.54. The van der Waals surface area contributed by atoms with Gasteiger partial charge in [-0.3, -0.25) is 19.9 Å². The summed E-state index contributed by atoms with van der Waals surface area (Å²) in [7, 11) is 3.73. The molecule has 2 aromatic rings. The highest BCUT2D eigenvalue weighted by Crippen LogP contribution is 2.42. The molecule has 1 saturated carbocycles. The molecule has 0 bridgehead atoms. The van der Waals surface area contributed by atoms with Crippen molar-refractivity contribution in [2.24, 2.45) is 23.7 Å². The van der Waals surface area contributed by atoms with Crippen LogP contribution in [-0.4, -0.2) is 124 Å². The molecule has 1 unspecified atom stereocenters. The minimum atomic E-state index is -3.19. The number of esters is 1. The van der Waals surface area contributed by atoms with E-state index in [-0.39, 0.29) is 37.2 Å². The van der Waals surface area contributed by atoms with Crippen molar-refractivity contribution in [3.05, 3.63) is 42.1 Å². The fraction of sp³-hybridized carbons (Fsp3) is 0.667. The van der Waals surface area contributed by atoms with Crippen LogP contribution in [0.2, 0.25) is 0 Å². The zero-order chi connectivity index (χ0) is 47.7. The number of aliphatic hydroxyl groups excluding tert-OH is 1. The molecule has 2 amide bonds. The minimum Gasteiger partial charge on any atom is -0.455 e. The number of hydrogen-bond acceptors (Lipinski definition) is 13. The van der Waals surface area contributed by atoms with E-state index in [1.807, 2.05) is 32.0 Å². The van der Waals surface area contributed by atoms with Gasteiger partial charge >= 0.3 is 18.2 Å². The summed E-state index contributed by atoms with van der Waals surface area (Å²) in [6, 6.07) is 5.90. The van der Waals surface area contributed by atoms with Gasteiger partial charge in [-0.05, 0) is 117 Å². The first-order valence-corrected chi connectivity index (χ1v) is 22.4. The molecule has 3 fully saturated rings. The normalized spacial score (nSPS) is 35.7. The van der Waals surface area contributed by atoms with E-state index < -0.39 is 94.6 Å². The summed E-state index contributed by atoms with van der Waals surface area (Å²) in [4.78, 5) is 74.7. The fourth-order valence-electron chi connectivity index (χ4n) is 9.76. The Morgan fingerprint density at radius 2 is 1.75 bits per heavy atom. The van der Waals surface area contributed by atoms with Gasteiger partial charge in [0.2, 0.25) is 0 Å². The molecule has 3 aliphatic rings. The van der Waals surface area contributed by atoms with Crippen LogP contribution in [0.1, 0.15) is 107 Å². The van der Waals surface area contributed by atoms with Gasteiger partial charge in [-0.1, -0.05) is 46.8 Å². The van der Waals surface area contributed by atoms with Crippen LogP contribution >= 0.6 is 0 Å². The number of cyclic esters (lactones) is 1. The number of benzene rings is 1. The van der Waals surface area contributed by atoms with E-state index in [0.717, 1.165) is 12.3 Å². The number of hydrogen-bond donors (Lipinski definition) is 3. The maximum atomic E-state index is 17.0. The summed E-state index contributed by atoms with van der Waals surface area (Å²) in [6.07, 6.45) is 0.606. The van der Waals surface area contributed by atoms with E-state index in [1.54, 1.807) is 85.0 Å². The average Bonchev–Trinajstić information content (AvgIpc) is 3.52. The predicted molar refractivity (Wildman–Crippen MR) is 239 cm³/mol. The molecule has 0 radical (unpaired) electrons. The average molecular weight is 897 g/mol. The fourth-order valence-corrected chi connectivity index (χ4v) is 9.76. The first-order chi connectivity index (χ1) is 29.7. The number of carbonyl (C=O) groups is 5. The predicted octanol–water partition coefficient (Wildman–Crippen LogP) is 7.21. The van der Waals surface area contributed by atoms with E-state index in [9.17, 15) is 29.1 Å². The number of anilines is 1. The van der Waals surface area contributed by atoms with Gasteiger partial charge in [-0.2, -0.15) is 0 Å². The molecule has 15 nitrogen and oxygen atoms in total. The SMILES string of the molecule is CC[C@H]1OC(=O)C(C)(F)C(=O)[C@H](C)[C@@H](O[C@@H]2C[C@H](C)C[C@H](N(C)C)[C@H]2O)[C@@](C)(OC/C=C/c2cnc3ccc(NC(=O)OC(C)(C)C)cc3c2)C[C@@H](C)C(=O)[C@H](C)[C@H]2NC(=O)O[C@@]21C. The molecule has 64 heavy (non-hydrogen) atoms. The molecule has 354 valence electrons. The molecular formula is C48H69FN4O11. The molecule has 13 atom stereocenters. The van der Waals surface area contributed by atoms with Crippen molar-refractivity contribution in [3.8, 4) is 0 Å². The third-order valence-electron chi connectivity index (χ3n) is 13.1. The number of aliphatic hydroxyl groups is 1. The van der Waals surface area contributed by atoms with Crippen LogP contribution in [0.4, 0.5) is 19.7 Å². The van der Waals surface area contributed by atoms with Crippen LogP contribution in [0.15, 0.2) is 36.5 Å². The summed E-state index contributed by atoms with van der Waals surface area (Å²) in [5.74, 6) is -5.79. The molecule has 3 heterocycles. The van der Waals surface area contributed by atoms with Gasteiger partial charge < -0.3 is 39.0 Å². The lowest BCUT2D eigenvalue weighted by Gasteiger charge is -2.47. The zero-order valence-electron chi connectivity index (χ0n) is 39.7. The molecule has 16 heteroatoms. The lowest BCUT2D eigenvalue weighted by atomic mass is 9.73. The number of ketones is 2. The number of nitrogens with one attached hydrogen (secondary N) is 2. The highest BCUT2D eigenvalue weighted by atomic mass is 19.1. The molecule has 2 aliphatic heterocycles. The van der Waals surface area contributed by atoms with Crippen LogP contribution < -0.4 is 10.6 Å². The highest BCUT2D eigenvalue weighted by Gasteiger charge is 2.59. The molecule has 2 saturated heterocycles. The monoisotopic (exact) mass is 896 g/mol. The highest BCUT2D eigenvalue weighted by molar-refractivity contribution is 6.08. The number of rotatable bonds is 9. The van der Waals surface area contributed by atoms with E-state index in [2.05, 4.69) is 15.6 Å². The Labute approximate surface area is 376 Å². The smallest absolute Gasteiger partial charge is 0.412 e. The van der Waals surface area contributed by atoms with Crippen LogP contribution in [0.3, 0.4) is 0 Å². The third kappa shape index (κ3) is 11.1. The van der Waals surface area contributed by atoms with Gasteiger partial charge in [0.1, 0.15) is 17.5 Å². The minimum absolute atomic E-state index is 0.0321. The second-order valence-corrected chi connectivity index (χ2v) is 20.0. The molecule has 0 spiro atoms. The number of halogens is 1. The van der Waals surface area contributed by atoms with E-state index in [4.69, 9.17) is 23.7 Å². The maximum absolute atomic E-state index is 17.0. The number of pyridine rings is 1. The van der Waals surface area contributed by atoms with Crippen LogP contribution in [-0.2, 0) is 38.1 Å². The van der Waals surface area contributed by atoms with Crippen LogP contribution in [0, 0.1) is 23.7 Å². The van der Waals surface area contributed by atoms with Crippen molar-refractivity contribution in [1.29, 1.82) is 0 Å². The Bertz CT molecular complexity index is 2090. The van der Waals surface area contributed by atoms with Crippen molar-refractivity contribution in [3.63, 3.8) is 0 Å². The molecular weight excluding hydrogens is 828 g/mol. The second-order valence-electron chi connectivity index (χ2n) is 20.0. The van der Waals surface area contributed by atoms with Crippen molar-refractivity contribution in [1.82, 2.24) is 15.2 Å². The van der Waals surface area contributed by atoms with Gasteiger partial charge in [-0.15, -0.1) is 0 Å². The van der Waals surface area contributed by atoms with Crippen molar-refractivity contribution < 1.29 is 57.2 Å². The van der Waals surface area contributed by atoms with Crippen molar-refractivity contribution >= 4 is 52.4 Å². The largest absolute Gasteiger partial charge is 0.455 e. The van der Waals surface area contributed by atoms with Gasteiger partial charge in [0.15, 0.2) is 11.4 Å². The summed E-state index contributed by atoms with van der Waals surface area (Å²) < 4.78 is 47.4. The Hall–Kier alpha value is -4.51. The Kier molecular flexibility index (Phi) is 15.4. The number of ether oxygens (including phenoxy) is 5. The molecule has 1 aliphatic carbocycles. The number of alkyl carbamates (subject to hydrolysis) is 1. The number of Topliss-reactive ketones (excluding diaryl/α,β-unsaturated/α-hetero) is 2. The standard InChI is InChI=1S/C48H69FN4O11/c1-14-36-48(11)39(52-44(59)64-48)28(4)37(54)27(3)24-46(9,60-19-15-16-30-22-31-23-32(17-18-33(31)50-25-30)51-43(58)63-45(6,7)8)41(29(5)40(56)47(10,49)42(57)62-36)61-35-21-26(2)20-34(38(35)55)53(12)13/h15-18,22-23,25-29,34-36,38-39,41,55H,14,19-21,24H2,1-13H3,(H,51,58)(H,52,59)/b16-15+/t26-,27-,28+,29+,34+,35-,36-,38-,39-,41-,46+,47?,48-/m1/s1. The van der Waals surface area contributed by atoms with Crippen LogP contribution in [0.25, 0.3) is 17.0 Å². The molecule has 1 aromatic carbocycles. The number of alkyl halides is 1. The maximum Gasteiger partial charge on any atom is 0.412 e. The Morgan fingerprint density at radius 1 is 1.06 bits per heavy atom. The number of carbonyl (C=O) groups excluding carboxylic acids is 5. The van der Waals surface area contributed by atoms with E-state index in [1.165, 1.54) is 13.8 Å². The zero-order valence-corrected chi connectivity index (χ0v) is 39.7. The van der Waals surface area contributed by atoms with E-state index in [0.29, 0.717) is 29.6 Å². The molecule has 3 N–H and O–H groups in total. The third-order valence-corrected chi connectivity index (χ3v) is 13.1. The molecule has 5 rings (SSSR count). The van der Waals surface area contributed by atoms with Gasteiger partial charge in [-0.25, -0.2) is 18.8 Å². The first kappa shape index (κ1) is 50.5. The number of fused-ring (bicyclic) bond motifs is 2. The quantitative estimate of drug-likeness (QED) is 0.130. The number of nitrogens with zero attached hydrogens (tertiary/aromatic N) is 2. The van der Waals surface area contributed by atoms with Crippen LogP contribution in [0.5, 0.6) is 0 Å².